The summed E-state index contributed by atoms with van der Waals surface area (Å²) in [6.07, 6.45) is 1.12. The highest BCUT2D eigenvalue weighted by Gasteiger charge is 2.22. The minimum Gasteiger partial charge on any atom is -0.477 e. The molecule has 4 heteroatoms. The molecule has 0 saturated carbocycles. The average molecular weight is 234 g/mol. The fourth-order valence-corrected chi connectivity index (χ4v) is 1.65. The Balaban J connectivity index is 3.37. The number of hydrogen-bond acceptors (Lipinski definition) is 2. The fraction of sp³-hybridized carbons (Fsp3) is 0.231. The SMILES string of the molecule is CCCC(=C(C(=O)O)C(=O)O)c1ccccc1. The Bertz CT molecular complexity index is 430. The van der Waals surface area contributed by atoms with E-state index < -0.39 is 17.5 Å². The van der Waals surface area contributed by atoms with Crippen LogP contribution >= 0.6 is 0 Å². The summed E-state index contributed by atoms with van der Waals surface area (Å²) in [6.45, 7) is 1.88. The van der Waals surface area contributed by atoms with Crippen molar-refractivity contribution in [3.63, 3.8) is 0 Å². The van der Waals surface area contributed by atoms with Crippen LogP contribution < -0.4 is 0 Å². The minimum absolute atomic E-state index is 0.369. The van der Waals surface area contributed by atoms with Gasteiger partial charge in [0.2, 0.25) is 0 Å². The van der Waals surface area contributed by atoms with E-state index in [1.807, 2.05) is 6.92 Å². The van der Waals surface area contributed by atoms with Gasteiger partial charge in [0.25, 0.3) is 0 Å². The molecule has 90 valence electrons. The van der Waals surface area contributed by atoms with Gasteiger partial charge in [-0.05, 0) is 17.6 Å². The van der Waals surface area contributed by atoms with Crippen molar-refractivity contribution in [2.75, 3.05) is 0 Å². The summed E-state index contributed by atoms with van der Waals surface area (Å²) in [4.78, 5) is 22.0. The maximum absolute atomic E-state index is 11.0. The van der Waals surface area contributed by atoms with E-state index in [9.17, 15) is 9.59 Å². The Kier molecular flexibility index (Phi) is 4.46. The van der Waals surface area contributed by atoms with Gasteiger partial charge in [0.15, 0.2) is 0 Å². The largest absolute Gasteiger partial charge is 0.477 e. The summed E-state index contributed by atoms with van der Waals surface area (Å²) in [5.41, 5.74) is 0.473. The summed E-state index contributed by atoms with van der Waals surface area (Å²) < 4.78 is 0. The van der Waals surface area contributed by atoms with E-state index in [-0.39, 0.29) is 0 Å². The van der Waals surface area contributed by atoms with Crippen LogP contribution in [-0.2, 0) is 9.59 Å². The molecule has 1 aromatic rings. The maximum Gasteiger partial charge on any atom is 0.343 e. The molecule has 0 unspecified atom stereocenters. The van der Waals surface area contributed by atoms with Gasteiger partial charge in [0, 0.05) is 0 Å². The molecule has 0 radical (unpaired) electrons. The van der Waals surface area contributed by atoms with Crippen LogP contribution in [-0.4, -0.2) is 22.2 Å². The molecule has 4 nitrogen and oxygen atoms in total. The van der Waals surface area contributed by atoms with Crippen LogP contribution in [0.5, 0.6) is 0 Å². The number of carboxylic acids is 2. The van der Waals surface area contributed by atoms with Crippen molar-refractivity contribution in [1.29, 1.82) is 0 Å². The monoisotopic (exact) mass is 234 g/mol. The van der Waals surface area contributed by atoms with Gasteiger partial charge in [-0.25, -0.2) is 9.59 Å². The molecule has 0 atom stereocenters. The van der Waals surface area contributed by atoms with Gasteiger partial charge < -0.3 is 10.2 Å². The first-order valence-electron chi connectivity index (χ1n) is 5.33. The molecule has 1 aromatic carbocycles. The van der Waals surface area contributed by atoms with Gasteiger partial charge in [-0.3, -0.25) is 0 Å². The molecular formula is C13H14O4. The number of aliphatic carboxylic acids is 2. The van der Waals surface area contributed by atoms with Crippen molar-refractivity contribution >= 4 is 17.5 Å². The Hall–Kier alpha value is -2.10. The lowest BCUT2D eigenvalue weighted by atomic mass is 9.96. The first kappa shape index (κ1) is 13.0. The number of rotatable bonds is 5. The molecule has 0 spiro atoms. The molecular weight excluding hydrogens is 220 g/mol. The fourth-order valence-electron chi connectivity index (χ4n) is 1.65. The first-order chi connectivity index (χ1) is 8.07. The van der Waals surface area contributed by atoms with Crippen molar-refractivity contribution in [2.45, 2.75) is 19.8 Å². The number of allylic oxidation sites excluding steroid dienone is 1. The zero-order valence-corrected chi connectivity index (χ0v) is 9.51. The highest BCUT2D eigenvalue weighted by Crippen LogP contribution is 2.24. The molecule has 2 N–H and O–H groups in total. The smallest absolute Gasteiger partial charge is 0.343 e. The third-order valence-electron chi connectivity index (χ3n) is 2.35. The maximum atomic E-state index is 11.0. The van der Waals surface area contributed by atoms with E-state index in [1.165, 1.54) is 0 Å². The topological polar surface area (TPSA) is 74.6 Å². The molecule has 0 aliphatic heterocycles. The molecule has 17 heavy (non-hydrogen) atoms. The Morgan fingerprint density at radius 3 is 2.00 bits per heavy atom. The molecule has 0 heterocycles. The van der Waals surface area contributed by atoms with Crippen LogP contribution in [0.4, 0.5) is 0 Å². The minimum atomic E-state index is -1.40. The molecule has 0 aromatic heterocycles. The first-order valence-corrected chi connectivity index (χ1v) is 5.33. The van der Waals surface area contributed by atoms with Crippen molar-refractivity contribution in [3.8, 4) is 0 Å². The van der Waals surface area contributed by atoms with Gasteiger partial charge in [0.05, 0.1) is 0 Å². The highest BCUT2D eigenvalue weighted by molar-refractivity contribution is 6.18. The summed E-state index contributed by atoms with van der Waals surface area (Å²) in [7, 11) is 0. The Morgan fingerprint density at radius 2 is 1.59 bits per heavy atom. The molecule has 0 bridgehead atoms. The summed E-state index contributed by atoms with van der Waals surface area (Å²) in [5, 5.41) is 17.9. The van der Waals surface area contributed by atoms with Gasteiger partial charge in [0.1, 0.15) is 5.57 Å². The van der Waals surface area contributed by atoms with Crippen LogP contribution in [0.2, 0.25) is 0 Å². The third-order valence-corrected chi connectivity index (χ3v) is 2.35. The number of hydrogen-bond donors (Lipinski definition) is 2. The van der Waals surface area contributed by atoms with Crippen LogP contribution in [0.15, 0.2) is 35.9 Å². The average Bonchev–Trinajstić information content (AvgIpc) is 2.28. The Labute approximate surface area is 99.2 Å². The van der Waals surface area contributed by atoms with E-state index >= 15 is 0 Å². The van der Waals surface area contributed by atoms with Gasteiger partial charge in [-0.1, -0.05) is 43.7 Å². The van der Waals surface area contributed by atoms with E-state index in [2.05, 4.69) is 0 Å². The van der Waals surface area contributed by atoms with Crippen LogP contribution in [0.1, 0.15) is 25.3 Å². The van der Waals surface area contributed by atoms with E-state index in [0.29, 0.717) is 24.0 Å². The lowest BCUT2D eigenvalue weighted by Crippen LogP contribution is -2.14. The third kappa shape index (κ3) is 3.17. The van der Waals surface area contributed by atoms with E-state index in [4.69, 9.17) is 10.2 Å². The second-order valence-electron chi connectivity index (χ2n) is 3.58. The number of carbonyl (C=O) groups is 2. The Morgan fingerprint density at radius 1 is 1.06 bits per heavy atom. The van der Waals surface area contributed by atoms with Crippen LogP contribution in [0.25, 0.3) is 5.57 Å². The van der Waals surface area contributed by atoms with Crippen LogP contribution in [0, 0.1) is 0 Å². The molecule has 1 rings (SSSR count). The van der Waals surface area contributed by atoms with Crippen molar-refractivity contribution < 1.29 is 19.8 Å². The summed E-state index contributed by atoms with van der Waals surface area (Å²) in [6, 6.07) is 8.75. The zero-order chi connectivity index (χ0) is 12.8. The van der Waals surface area contributed by atoms with Gasteiger partial charge in [-0.2, -0.15) is 0 Å². The van der Waals surface area contributed by atoms with E-state index in [0.717, 1.165) is 0 Å². The van der Waals surface area contributed by atoms with Crippen molar-refractivity contribution in [1.82, 2.24) is 0 Å². The predicted octanol–water partition coefficient (Wildman–Crippen LogP) is 2.41. The summed E-state index contributed by atoms with van der Waals surface area (Å²) in [5.74, 6) is -2.80. The standard InChI is InChI=1S/C13H14O4/c1-2-6-10(9-7-4-3-5-8-9)11(12(14)15)13(16)17/h3-5,7-8H,2,6H2,1H3,(H,14,15)(H,16,17). The van der Waals surface area contributed by atoms with Crippen LogP contribution in [0.3, 0.4) is 0 Å². The predicted molar refractivity (Wildman–Crippen MR) is 63.5 cm³/mol. The highest BCUT2D eigenvalue weighted by atomic mass is 16.4. The summed E-state index contributed by atoms with van der Waals surface area (Å²) >= 11 is 0. The quantitative estimate of drug-likeness (QED) is 0.466. The molecule has 0 aliphatic rings. The van der Waals surface area contributed by atoms with E-state index in [1.54, 1.807) is 30.3 Å². The second-order valence-corrected chi connectivity index (χ2v) is 3.58. The van der Waals surface area contributed by atoms with Crippen molar-refractivity contribution in [3.05, 3.63) is 41.5 Å². The normalized spacial score (nSPS) is 9.71. The molecule has 0 saturated heterocycles. The molecule has 0 fully saturated rings. The number of benzene rings is 1. The number of carboxylic acid groups (broad SMARTS) is 2. The van der Waals surface area contributed by atoms with Crippen molar-refractivity contribution in [2.24, 2.45) is 0 Å². The lowest BCUT2D eigenvalue weighted by Gasteiger charge is -2.09. The van der Waals surface area contributed by atoms with Gasteiger partial charge >= 0.3 is 11.9 Å². The zero-order valence-electron chi connectivity index (χ0n) is 9.51. The second kappa shape index (κ2) is 5.84. The molecule has 0 amide bonds. The lowest BCUT2D eigenvalue weighted by molar-refractivity contribution is -0.140. The van der Waals surface area contributed by atoms with Gasteiger partial charge in [-0.15, -0.1) is 0 Å². The molecule has 0 aliphatic carbocycles.